The maximum Gasteiger partial charge on any atom is 0.223 e. The third-order valence-corrected chi connectivity index (χ3v) is 6.75. The molecule has 0 bridgehead atoms. The number of amides is 1. The summed E-state index contributed by atoms with van der Waals surface area (Å²) in [6.45, 7) is 7.48. The molecule has 26 heavy (non-hydrogen) atoms. The summed E-state index contributed by atoms with van der Waals surface area (Å²) in [6.07, 6.45) is 5.76. The Labute approximate surface area is 158 Å². The lowest BCUT2D eigenvalue weighted by molar-refractivity contribution is -0.126. The van der Waals surface area contributed by atoms with Gasteiger partial charge in [-0.2, -0.15) is 0 Å². The maximum atomic E-state index is 12.5. The van der Waals surface area contributed by atoms with Gasteiger partial charge in [0.05, 0.1) is 11.5 Å². The van der Waals surface area contributed by atoms with Gasteiger partial charge in [-0.15, -0.1) is 11.3 Å². The highest BCUT2D eigenvalue weighted by molar-refractivity contribution is 7.18. The molecular formula is C19H26N4O2S. The van der Waals surface area contributed by atoms with Crippen LogP contribution in [-0.2, 0) is 9.53 Å². The number of hydrogen-bond donors (Lipinski definition) is 1. The van der Waals surface area contributed by atoms with E-state index in [0.29, 0.717) is 6.54 Å². The fourth-order valence-electron chi connectivity index (χ4n) is 3.92. The zero-order chi connectivity index (χ0) is 18.1. The molecule has 0 aliphatic carbocycles. The van der Waals surface area contributed by atoms with Crippen molar-refractivity contribution < 1.29 is 9.53 Å². The highest BCUT2D eigenvalue weighted by Crippen LogP contribution is 2.35. The molecule has 0 spiro atoms. The van der Waals surface area contributed by atoms with E-state index in [-0.39, 0.29) is 17.9 Å². The predicted octanol–water partition coefficient (Wildman–Crippen LogP) is 2.82. The Hall–Kier alpha value is -1.73. The van der Waals surface area contributed by atoms with Crippen molar-refractivity contribution in [3.05, 3.63) is 16.8 Å². The Balaban J connectivity index is 1.38. The van der Waals surface area contributed by atoms with Gasteiger partial charge in [0, 0.05) is 37.0 Å². The molecule has 2 aromatic heterocycles. The van der Waals surface area contributed by atoms with Crippen molar-refractivity contribution >= 4 is 33.3 Å². The summed E-state index contributed by atoms with van der Waals surface area (Å²) in [4.78, 5) is 26.1. The van der Waals surface area contributed by atoms with Crippen LogP contribution in [0.25, 0.3) is 10.2 Å². The lowest BCUT2D eigenvalue weighted by Crippen LogP contribution is -2.42. The lowest BCUT2D eigenvalue weighted by Gasteiger charge is -2.32. The molecule has 2 fully saturated rings. The van der Waals surface area contributed by atoms with Crippen molar-refractivity contribution in [2.45, 2.75) is 45.6 Å². The first kappa shape index (κ1) is 17.7. The average molecular weight is 375 g/mol. The van der Waals surface area contributed by atoms with Crippen LogP contribution in [0.3, 0.4) is 0 Å². The highest BCUT2D eigenvalue weighted by atomic mass is 32.1. The molecule has 0 unspecified atom stereocenters. The molecule has 1 amide bonds. The number of carbonyl (C=O) groups excluding carboxylic acids is 1. The van der Waals surface area contributed by atoms with Crippen LogP contribution in [0.5, 0.6) is 0 Å². The Morgan fingerprint density at radius 2 is 2.12 bits per heavy atom. The van der Waals surface area contributed by atoms with Crippen LogP contribution in [-0.4, -0.2) is 48.2 Å². The van der Waals surface area contributed by atoms with Crippen LogP contribution in [0.1, 0.15) is 36.1 Å². The van der Waals surface area contributed by atoms with Gasteiger partial charge in [-0.3, -0.25) is 4.79 Å². The summed E-state index contributed by atoms with van der Waals surface area (Å²) in [7, 11) is 0. The van der Waals surface area contributed by atoms with E-state index in [1.807, 2.05) is 0 Å². The SMILES string of the molecule is Cc1sc2ncnc(N3CCC(C(=O)NC[C@H]4CCCO4)CC3)c2c1C. The smallest absolute Gasteiger partial charge is 0.223 e. The number of carbonyl (C=O) groups is 1. The van der Waals surface area contributed by atoms with Crippen molar-refractivity contribution in [3.63, 3.8) is 0 Å². The van der Waals surface area contributed by atoms with E-state index in [1.165, 1.54) is 15.8 Å². The molecule has 0 radical (unpaired) electrons. The average Bonchev–Trinajstić information content (AvgIpc) is 3.28. The first-order chi connectivity index (χ1) is 12.6. The number of ether oxygens (including phenoxy) is 1. The van der Waals surface area contributed by atoms with Gasteiger partial charge >= 0.3 is 0 Å². The quantitative estimate of drug-likeness (QED) is 0.891. The van der Waals surface area contributed by atoms with Crippen LogP contribution in [0.4, 0.5) is 5.82 Å². The van der Waals surface area contributed by atoms with Crippen LogP contribution in [0, 0.1) is 19.8 Å². The molecule has 2 aliphatic heterocycles. The van der Waals surface area contributed by atoms with Crippen LogP contribution in [0.15, 0.2) is 6.33 Å². The van der Waals surface area contributed by atoms with Crippen molar-refractivity contribution in [2.75, 3.05) is 31.1 Å². The van der Waals surface area contributed by atoms with Crippen LogP contribution < -0.4 is 10.2 Å². The topological polar surface area (TPSA) is 67.4 Å². The summed E-state index contributed by atoms with van der Waals surface area (Å²) in [5.74, 6) is 1.29. The number of rotatable bonds is 4. The molecular weight excluding hydrogens is 348 g/mol. The summed E-state index contributed by atoms with van der Waals surface area (Å²) < 4.78 is 5.58. The van der Waals surface area contributed by atoms with E-state index in [0.717, 1.165) is 56.0 Å². The molecule has 140 valence electrons. The minimum atomic E-state index is 0.0929. The molecule has 2 aliphatic rings. The minimum Gasteiger partial charge on any atom is -0.376 e. The van der Waals surface area contributed by atoms with Crippen LogP contribution in [0.2, 0.25) is 0 Å². The zero-order valence-corrected chi connectivity index (χ0v) is 16.3. The number of fused-ring (bicyclic) bond motifs is 1. The summed E-state index contributed by atoms with van der Waals surface area (Å²) >= 11 is 1.73. The van der Waals surface area contributed by atoms with Gasteiger partial charge in [0.2, 0.25) is 5.91 Å². The van der Waals surface area contributed by atoms with E-state index >= 15 is 0 Å². The van der Waals surface area contributed by atoms with Gasteiger partial charge in [0.15, 0.2) is 0 Å². The molecule has 4 rings (SSSR count). The van der Waals surface area contributed by atoms with Crippen molar-refractivity contribution in [1.82, 2.24) is 15.3 Å². The van der Waals surface area contributed by atoms with Crippen molar-refractivity contribution in [1.29, 1.82) is 0 Å². The summed E-state index contributed by atoms with van der Waals surface area (Å²) in [5, 5.41) is 4.26. The Bertz CT molecular complexity index is 792. The first-order valence-electron chi connectivity index (χ1n) is 9.48. The number of anilines is 1. The van der Waals surface area contributed by atoms with E-state index in [4.69, 9.17) is 4.74 Å². The van der Waals surface area contributed by atoms with Gasteiger partial charge in [0.1, 0.15) is 17.0 Å². The van der Waals surface area contributed by atoms with Gasteiger partial charge in [-0.05, 0) is 45.1 Å². The molecule has 7 heteroatoms. The second-order valence-corrected chi connectivity index (χ2v) is 8.51. The summed E-state index contributed by atoms with van der Waals surface area (Å²) in [6, 6.07) is 0. The normalized spacial score (nSPS) is 21.5. The summed E-state index contributed by atoms with van der Waals surface area (Å²) in [5.41, 5.74) is 1.28. The molecule has 0 aromatic carbocycles. The molecule has 4 heterocycles. The third kappa shape index (κ3) is 3.42. The van der Waals surface area contributed by atoms with Crippen molar-refractivity contribution in [2.24, 2.45) is 5.92 Å². The highest BCUT2D eigenvalue weighted by Gasteiger charge is 2.28. The van der Waals surface area contributed by atoms with Crippen molar-refractivity contribution in [3.8, 4) is 0 Å². The Kier molecular flexibility index (Phi) is 5.09. The second kappa shape index (κ2) is 7.48. The fraction of sp³-hybridized carbons (Fsp3) is 0.632. The van der Waals surface area contributed by atoms with Crippen LogP contribution >= 0.6 is 11.3 Å². The molecule has 1 N–H and O–H groups in total. The Morgan fingerprint density at radius 3 is 2.85 bits per heavy atom. The Morgan fingerprint density at radius 1 is 1.31 bits per heavy atom. The number of piperidine rings is 1. The molecule has 0 saturated carbocycles. The number of aromatic nitrogens is 2. The molecule has 1 atom stereocenters. The van der Waals surface area contributed by atoms with E-state index in [2.05, 4.69) is 34.0 Å². The van der Waals surface area contributed by atoms with Gasteiger partial charge < -0.3 is 15.0 Å². The molecule has 2 aromatic rings. The number of aryl methyl sites for hydroxylation is 2. The number of hydrogen-bond acceptors (Lipinski definition) is 6. The minimum absolute atomic E-state index is 0.0929. The van der Waals surface area contributed by atoms with E-state index in [1.54, 1.807) is 17.7 Å². The molecule has 2 saturated heterocycles. The predicted molar refractivity (Wildman–Crippen MR) is 104 cm³/mol. The lowest BCUT2D eigenvalue weighted by atomic mass is 9.95. The largest absolute Gasteiger partial charge is 0.376 e. The van der Waals surface area contributed by atoms with Gasteiger partial charge in [-0.1, -0.05) is 0 Å². The number of thiophene rings is 1. The first-order valence-corrected chi connectivity index (χ1v) is 10.3. The second-order valence-electron chi connectivity index (χ2n) is 7.30. The van der Waals surface area contributed by atoms with E-state index < -0.39 is 0 Å². The van der Waals surface area contributed by atoms with Gasteiger partial charge in [-0.25, -0.2) is 9.97 Å². The molecule has 6 nitrogen and oxygen atoms in total. The maximum absolute atomic E-state index is 12.5. The standard InChI is InChI=1S/C19H26N4O2S/c1-12-13(2)26-19-16(12)17(21-11-22-19)23-7-5-14(6-8-23)18(24)20-10-15-4-3-9-25-15/h11,14-15H,3-10H2,1-2H3,(H,20,24)/t15-/m1/s1. The van der Waals surface area contributed by atoms with Gasteiger partial charge in [0.25, 0.3) is 0 Å². The zero-order valence-electron chi connectivity index (χ0n) is 15.5. The number of nitrogens with zero attached hydrogens (tertiary/aromatic N) is 3. The number of nitrogens with one attached hydrogen (secondary N) is 1. The monoisotopic (exact) mass is 374 g/mol. The fourth-order valence-corrected chi connectivity index (χ4v) is 4.91. The van der Waals surface area contributed by atoms with E-state index in [9.17, 15) is 4.79 Å². The third-order valence-electron chi connectivity index (χ3n) is 5.64.